The Labute approximate surface area is 78.2 Å². The first-order valence-corrected chi connectivity index (χ1v) is 4.99. The largest absolute Gasteiger partial charge is 0.379 e. The molecular formula is C9H16N2O2. The van der Waals surface area contributed by atoms with Crippen molar-refractivity contribution < 1.29 is 9.53 Å². The minimum atomic E-state index is 0.0907. The molecule has 1 atom stereocenters. The van der Waals surface area contributed by atoms with Crippen LogP contribution >= 0.6 is 0 Å². The fourth-order valence-electron chi connectivity index (χ4n) is 1.83. The number of urea groups is 1. The van der Waals surface area contributed by atoms with Crippen LogP contribution in [0.25, 0.3) is 0 Å². The van der Waals surface area contributed by atoms with Crippen LogP contribution in [0, 0.1) is 0 Å². The van der Waals surface area contributed by atoms with E-state index in [1.807, 2.05) is 4.90 Å². The number of nitrogens with one attached hydrogen (secondary N) is 1. The van der Waals surface area contributed by atoms with Gasteiger partial charge in [-0.05, 0) is 19.3 Å². The predicted octanol–water partition coefficient (Wildman–Crippen LogP) is 0.581. The van der Waals surface area contributed by atoms with Gasteiger partial charge < -0.3 is 15.0 Å². The van der Waals surface area contributed by atoms with Crippen LogP contribution in [0.3, 0.4) is 0 Å². The van der Waals surface area contributed by atoms with Crippen molar-refractivity contribution in [3.63, 3.8) is 0 Å². The highest BCUT2D eigenvalue weighted by molar-refractivity contribution is 5.74. The van der Waals surface area contributed by atoms with E-state index in [4.69, 9.17) is 4.74 Å². The molecule has 2 rings (SSSR count). The quantitative estimate of drug-likeness (QED) is 0.647. The summed E-state index contributed by atoms with van der Waals surface area (Å²) in [7, 11) is 0. The van der Waals surface area contributed by atoms with Crippen LogP contribution in [0.1, 0.15) is 19.3 Å². The molecule has 0 saturated carbocycles. The van der Waals surface area contributed by atoms with Gasteiger partial charge in [0.2, 0.25) is 0 Å². The molecule has 0 aromatic heterocycles. The maximum absolute atomic E-state index is 11.6. The topological polar surface area (TPSA) is 41.6 Å². The zero-order valence-corrected chi connectivity index (χ0v) is 7.79. The first kappa shape index (κ1) is 8.81. The van der Waals surface area contributed by atoms with E-state index in [9.17, 15) is 4.79 Å². The van der Waals surface area contributed by atoms with Crippen molar-refractivity contribution in [1.82, 2.24) is 10.2 Å². The second-order valence-corrected chi connectivity index (χ2v) is 3.70. The summed E-state index contributed by atoms with van der Waals surface area (Å²) in [6.07, 6.45) is 3.25. The number of amides is 2. The van der Waals surface area contributed by atoms with E-state index in [1.165, 1.54) is 0 Å². The summed E-state index contributed by atoms with van der Waals surface area (Å²) >= 11 is 0. The second-order valence-electron chi connectivity index (χ2n) is 3.70. The van der Waals surface area contributed by atoms with Gasteiger partial charge in [-0.2, -0.15) is 0 Å². The Balaban J connectivity index is 1.76. The highest BCUT2D eigenvalue weighted by atomic mass is 16.5. The molecule has 2 fully saturated rings. The smallest absolute Gasteiger partial charge is 0.317 e. The fourth-order valence-corrected chi connectivity index (χ4v) is 1.83. The van der Waals surface area contributed by atoms with Gasteiger partial charge in [0.15, 0.2) is 0 Å². The Morgan fingerprint density at radius 1 is 1.38 bits per heavy atom. The Morgan fingerprint density at radius 2 is 2.15 bits per heavy atom. The highest BCUT2D eigenvalue weighted by Gasteiger charge is 2.22. The molecule has 4 nitrogen and oxygen atoms in total. The maximum Gasteiger partial charge on any atom is 0.317 e. The van der Waals surface area contributed by atoms with Crippen molar-refractivity contribution in [2.75, 3.05) is 26.3 Å². The number of carbonyl (C=O) groups is 1. The molecule has 13 heavy (non-hydrogen) atoms. The molecule has 4 heteroatoms. The standard InChI is InChI=1S/C9H16N2O2/c12-9(11-4-1-2-5-11)10-8-3-6-13-7-8/h8H,1-7H2,(H,10,12). The number of nitrogens with zero attached hydrogens (tertiary/aromatic N) is 1. The van der Waals surface area contributed by atoms with Gasteiger partial charge in [0.25, 0.3) is 0 Å². The lowest BCUT2D eigenvalue weighted by Gasteiger charge is -2.18. The molecule has 0 aromatic carbocycles. The van der Waals surface area contributed by atoms with Crippen molar-refractivity contribution in [3.8, 4) is 0 Å². The molecule has 74 valence electrons. The molecule has 0 radical (unpaired) electrons. The summed E-state index contributed by atoms with van der Waals surface area (Å²) in [6.45, 7) is 3.29. The minimum Gasteiger partial charge on any atom is -0.379 e. The van der Waals surface area contributed by atoms with Gasteiger partial charge in [0, 0.05) is 19.7 Å². The fraction of sp³-hybridized carbons (Fsp3) is 0.889. The molecule has 1 unspecified atom stereocenters. The van der Waals surface area contributed by atoms with E-state index in [1.54, 1.807) is 0 Å². The molecule has 2 amide bonds. The number of likely N-dealkylation sites (tertiary alicyclic amines) is 1. The van der Waals surface area contributed by atoms with Crippen LogP contribution in [0.2, 0.25) is 0 Å². The van der Waals surface area contributed by atoms with Gasteiger partial charge in [-0.1, -0.05) is 0 Å². The number of rotatable bonds is 1. The summed E-state index contributed by atoms with van der Waals surface area (Å²) in [5.41, 5.74) is 0. The summed E-state index contributed by atoms with van der Waals surface area (Å²) in [4.78, 5) is 13.4. The van der Waals surface area contributed by atoms with Gasteiger partial charge in [0.05, 0.1) is 12.6 Å². The molecule has 1 N–H and O–H groups in total. The molecular weight excluding hydrogens is 168 g/mol. The van der Waals surface area contributed by atoms with E-state index < -0.39 is 0 Å². The Kier molecular flexibility index (Phi) is 2.68. The average molecular weight is 184 g/mol. The van der Waals surface area contributed by atoms with Crippen LogP contribution in [0.15, 0.2) is 0 Å². The molecule has 0 aromatic rings. The van der Waals surface area contributed by atoms with E-state index in [0.717, 1.165) is 39.0 Å². The summed E-state index contributed by atoms with van der Waals surface area (Å²) < 4.78 is 5.19. The number of hydrogen-bond donors (Lipinski definition) is 1. The van der Waals surface area contributed by atoms with Crippen molar-refractivity contribution in [3.05, 3.63) is 0 Å². The van der Waals surface area contributed by atoms with E-state index in [2.05, 4.69) is 5.32 Å². The number of hydrogen-bond acceptors (Lipinski definition) is 2. The third-order valence-electron chi connectivity index (χ3n) is 2.65. The van der Waals surface area contributed by atoms with Crippen LogP contribution in [-0.2, 0) is 4.74 Å². The summed E-state index contributed by atoms with van der Waals surface area (Å²) in [5, 5.41) is 2.98. The van der Waals surface area contributed by atoms with Crippen LogP contribution in [-0.4, -0.2) is 43.3 Å². The SMILES string of the molecule is O=C(NC1CCOC1)N1CCCC1. The first-order valence-electron chi connectivity index (χ1n) is 4.99. The second kappa shape index (κ2) is 3.96. The third-order valence-corrected chi connectivity index (χ3v) is 2.65. The molecule has 0 bridgehead atoms. The molecule has 2 heterocycles. The number of carbonyl (C=O) groups excluding carboxylic acids is 1. The van der Waals surface area contributed by atoms with Gasteiger partial charge in [0.1, 0.15) is 0 Å². The summed E-state index contributed by atoms with van der Waals surface area (Å²) in [6, 6.07) is 0.334. The van der Waals surface area contributed by atoms with Crippen molar-refractivity contribution in [2.45, 2.75) is 25.3 Å². The highest BCUT2D eigenvalue weighted by Crippen LogP contribution is 2.09. The Bertz CT molecular complexity index is 184. The lowest BCUT2D eigenvalue weighted by atomic mass is 10.3. The Morgan fingerprint density at radius 3 is 2.77 bits per heavy atom. The van der Waals surface area contributed by atoms with Crippen LogP contribution < -0.4 is 5.32 Å². The van der Waals surface area contributed by atoms with Crippen molar-refractivity contribution in [2.24, 2.45) is 0 Å². The van der Waals surface area contributed by atoms with Crippen molar-refractivity contribution >= 4 is 6.03 Å². The molecule has 2 aliphatic rings. The lowest BCUT2D eigenvalue weighted by molar-refractivity contribution is 0.182. The molecule has 0 aliphatic carbocycles. The molecule has 2 aliphatic heterocycles. The monoisotopic (exact) mass is 184 g/mol. The van der Waals surface area contributed by atoms with Crippen molar-refractivity contribution in [1.29, 1.82) is 0 Å². The van der Waals surface area contributed by atoms with E-state index in [-0.39, 0.29) is 12.1 Å². The number of ether oxygens (including phenoxy) is 1. The third kappa shape index (κ3) is 2.12. The minimum absolute atomic E-state index is 0.0907. The first-order chi connectivity index (χ1) is 6.36. The van der Waals surface area contributed by atoms with Gasteiger partial charge in [-0.3, -0.25) is 0 Å². The zero-order chi connectivity index (χ0) is 9.10. The normalized spacial score (nSPS) is 28.0. The van der Waals surface area contributed by atoms with E-state index >= 15 is 0 Å². The Hall–Kier alpha value is -0.770. The predicted molar refractivity (Wildman–Crippen MR) is 48.6 cm³/mol. The molecule has 0 spiro atoms. The maximum atomic E-state index is 11.6. The average Bonchev–Trinajstić information content (AvgIpc) is 2.74. The van der Waals surface area contributed by atoms with Crippen LogP contribution in [0.5, 0.6) is 0 Å². The van der Waals surface area contributed by atoms with Gasteiger partial charge >= 0.3 is 6.03 Å². The van der Waals surface area contributed by atoms with Gasteiger partial charge in [-0.15, -0.1) is 0 Å². The molecule has 2 saturated heterocycles. The van der Waals surface area contributed by atoms with Crippen LogP contribution in [0.4, 0.5) is 4.79 Å². The zero-order valence-electron chi connectivity index (χ0n) is 7.79. The summed E-state index contributed by atoms with van der Waals surface area (Å²) in [5.74, 6) is 0. The van der Waals surface area contributed by atoms with E-state index in [0.29, 0.717) is 6.61 Å². The lowest BCUT2D eigenvalue weighted by Crippen LogP contribution is -2.43. The van der Waals surface area contributed by atoms with Gasteiger partial charge in [-0.25, -0.2) is 4.79 Å².